The molecule has 1 aromatic rings. The van der Waals surface area contributed by atoms with E-state index in [-0.39, 0.29) is 6.04 Å². The van der Waals surface area contributed by atoms with Crippen LogP contribution in [0.25, 0.3) is 0 Å². The molecular formula is C16H23NO3. The Balaban J connectivity index is 1.53. The number of rotatable bonds is 6. The Bertz CT molecular complexity index is 445. The number of hydrogen-bond donors (Lipinski definition) is 1. The van der Waals surface area contributed by atoms with E-state index in [9.17, 15) is 0 Å². The van der Waals surface area contributed by atoms with Gasteiger partial charge in [0.1, 0.15) is 0 Å². The van der Waals surface area contributed by atoms with E-state index in [1.165, 1.54) is 19.3 Å². The van der Waals surface area contributed by atoms with Gasteiger partial charge in [0.05, 0.1) is 25.9 Å². The van der Waals surface area contributed by atoms with Gasteiger partial charge in [-0.05, 0) is 30.0 Å². The maximum absolute atomic E-state index is 6.18. The first-order valence-electron chi connectivity index (χ1n) is 7.56. The topological polar surface area (TPSA) is 53.7 Å². The molecule has 2 aliphatic rings. The molecule has 1 aliphatic carbocycles. The molecule has 1 atom stereocenters. The summed E-state index contributed by atoms with van der Waals surface area (Å²) in [7, 11) is 0. The van der Waals surface area contributed by atoms with Gasteiger partial charge in [0.25, 0.3) is 0 Å². The summed E-state index contributed by atoms with van der Waals surface area (Å²) in [5.41, 5.74) is 7.22. The normalized spacial score (nSPS) is 19.4. The lowest BCUT2D eigenvalue weighted by Crippen LogP contribution is -2.17. The monoisotopic (exact) mass is 277 g/mol. The van der Waals surface area contributed by atoms with Crippen LogP contribution in [0.4, 0.5) is 0 Å². The highest BCUT2D eigenvalue weighted by molar-refractivity contribution is 5.44. The molecule has 0 bridgehead atoms. The molecule has 0 aromatic heterocycles. The van der Waals surface area contributed by atoms with E-state index >= 15 is 0 Å². The van der Waals surface area contributed by atoms with Crippen molar-refractivity contribution in [1.82, 2.24) is 0 Å². The third kappa shape index (κ3) is 3.64. The average Bonchev–Trinajstić information content (AvgIpc) is 3.29. The zero-order valence-electron chi connectivity index (χ0n) is 11.8. The molecule has 4 nitrogen and oxygen atoms in total. The molecule has 2 N–H and O–H groups in total. The maximum atomic E-state index is 6.18. The van der Waals surface area contributed by atoms with Crippen molar-refractivity contribution in [2.24, 2.45) is 11.7 Å². The number of benzene rings is 1. The van der Waals surface area contributed by atoms with Gasteiger partial charge in [0, 0.05) is 13.0 Å². The van der Waals surface area contributed by atoms with E-state index < -0.39 is 0 Å². The summed E-state index contributed by atoms with van der Waals surface area (Å²) in [5.74, 6) is 2.52. The van der Waals surface area contributed by atoms with Crippen LogP contribution in [0.5, 0.6) is 11.5 Å². The standard InChI is InChI=1S/C16H23NO3/c17-14(11-18-9-6-12-2-3-12)13-4-5-15-16(10-13)20-8-1-7-19-15/h4-5,10,12,14H,1-3,6-9,11,17H2. The molecule has 0 saturated heterocycles. The first-order valence-corrected chi connectivity index (χ1v) is 7.56. The molecule has 0 amide bonds. The molecule has 0 radical (unpaired) electrons. The lowest BCUT2D eigenvalue weighted by molar-refractivity contribution is 0.115. The van der Waals surface area contributed by atoms with Gasteiger partial charge < -0.3 is 19.9 Å². The first kappa shape index (κ1) is 13.7. The van der Waals surface area contributed by atoms with Crippen LogP contribution < -0.4 is 15.2 Å². The summed E-state index contributed by atoms with van der Waals surface area (Å²) in [5, 5.41) is 0. The Morgan fingerprint density at radius 1 is 1.20 bits per heavy atom. The van der Waals surface area contributed by atoms with Gasteiger partial charge in [-0.15, -0.1) is 0 Å². The van der Waals surface area contributed by atoms with Crippen LogP contribution in [0, 0.1) is 5.92 Å². The minimum absolute atomic E-state index is 0.105. The van der Waals surface area contributed by atoms with Crippen LogP contribution in [-0.4, -0.2) is 26.4 Å². The van der Waals surface area contributed by atoms with Crippen molar-refractivity contribution in [1.29, 1.82) is 0 Å². The summed E-state index contributed by atoms with van der Waals surface area (Å²) in [4.78, 5) is 0. The van der Waals surface area contributed by atoms with E-state index in [1.807, 2.05) is 18.2 Å². The Kier molecular flexibility index (Phi) is 4.43. The highest BCUT2D eigenvalue weighted by Crippen LogP contribution is 2.33. The fourth-order valence-electron chi connectivity index (χ4n) is 2.37. The van der Waals surface area contributed by atoms with Crippen molar-refractivity contribution in [2.75, 3.05) is 26.4 Å². The quantitative estimate of drug-likeness (QED) is 0.812. The lowest BCUT2D eigenvalue weighted by atomic mass is 10.1. The van der Waals surface area contributed by atoms with Gasteiger partial charge >= 0.3 is 0 Å². The van der Waals surface area contributed by atoms with Crippen LogP contribution in [0.3, 0.4) is 0 Å². The van der Waals surface area contributed by atoms with Gasteiger partial charge in [-0.25, -0.2) is 0 Å². The molecule has 1 heterocycles. The van der Waals surface area contributed by atoms with Crippen LogP contribution in [-0.2, 0) is 4.74 Å². The maximum Gasteiger partial charge on any atom is 0.161 e. The van der Waals surface area contributed by atoms with Crippen LogP contribution >= 0.6 is 0 Å². The molecule has 1 saturated carbocycles. The van der Waals surface area contributed by atoms with Gasteiger partial charge in [0.2, 0.25) is 0 Å². The second-order valence-electron chi connectivity index (χ2n) is 5.67. The predicted molar refractivity (Wildman–Crippen MR) is 77.1 cm³/mol. The van der Waals surface area contributed by atoms with Crippen molar-refractivity contribution in [2.45, 2.75) is 31.7 Å². The van der Waals surface area contributed by atoms with Gasteiger partial charge in [-0.1, -0.05) is 18.9 Å². The smallest absolute Gasteiger partial charge is 0.161 e. The molecule has 4 heteroatoms. The summed E-state index contributed by atoms with van der Waals surface area (Å²) < 4.78 is 17.0. The van der Waals surface area contributed by atoms with E-state index in [1.54, 1.807) is 0 Å². The third-order valence-corrected chi connectivity index (χ3v) is 3.86. The minimum Gasteiger partial charge on any atom is -0.490 e. The molecule has 1 unspecified atom stereocenters. The summed E-state index contributed by atoms with van der Waals surface area (Å²) in [6.45, 7) is 2.79. The number of ether oxygens (including phenoxy) is 3. The van der Waals surface area contributed by atoms with Gasteiger partial charge in [0.15, 0.2) is 11.5 Å². The number of fused-ring (bicyclic) bond motifs is 1. The highest BCUT2D eigenvalue weighted by Gasteiger charge is 2.20. The molecule has 110 valence electrons. The van der Waals surface area contributed by atoms with Crippen LogP contribution in [0.1, 0.15) is 37.3 Å². The number of hydrogen-bond acceptors (Lipinski definition) is 4. The zero-order valence-corrected chi connectivity index (χ0v) is 11.8. The van der Waals surface area contributed by atoms with Gasteiger partial charge in [-0.3, -0.25) is 0 Å². The van der Waals surface area contributed by atoms with Crippen molar-refractivity contribution >= 4 is 0 Å². The Morgan fingerprint density at radius 3 is 2.80 bits per heavy atom. The second kappa shape index (κ2) is 6.46. The predicted octanol–water partition coefficient (Wildman–Crippen LogP) is 2.66. The lowest BCUT2D eigenvalue weighted by Gasteiger charge is -2.15. The molecule has 1 aromatic carbocycles. The Hall–Kier alpha value is -1.26. The van der Waals surface area contributed by atoms with Crippen molar-refractivity contribution < 1.29 is 14.2 Å². The van der Waals surface area contributed by atoms with Crippen LogP contribution in [0.2, 0.25) is 0 Å². The molecule has 1 fully saturated rings. The Labute approximate surface area is 120 Å². The second-order valence-corrected chi connectivity index (χ2v) is 5.67. The minimum atomic E-state index is -0.105. The summed E-state index contributed by atoms with van der Waals surface area (Å²) in [6, 6.07) is 5.82. The summed E-state index contributed by atoms with van der Waals surface area (Å²) >= 11 is 0. The van der Waals surface area contributed by atoms with Crippen molar-refractivity contribution in [3.05, 3.63) is 23.8 Å². The fourth-order valence-corrected chi connectivity index (χ4v) is 2.37. The van der Waals surface area contributed by atoms with Crippen molar-refractivity contribution in [3.63, 3.8) is 0 Å². The largest absolute Gasteiger partial charge is 0.490 e. The zero-order chi connectivity index (χ0) is 13.8. The Morgan fingerprint density at radius 2 is 2.00 bits per heavy atom. The number of nitrogens with two attached hydrogens (primary N) is 1. The van der Waals surface area contributed by atoms with Crippen molar-refractivity contribution in [3.8, 4) is 11.5 Å². The van der Waals surface area contributed by atoms with E-state index in [2.05, 4.69) is 0 Å². The molecule has 1 aliphatic heterocycles. The highest BCUT2D eigenvalue weighted by atomic mass is 16.5. The third-order valence-electron chi connectivity index (χ3n) is 3.86. The first-order chi connectivity index (χ1) is 9.83. The van der Waals surface area contributed by atoms with E-state index in [4.69, 9.17) is 19.9 Å². The van der Waals surface area contributed by atoms with Crippen LogP contribution in [0.15, 0.2) is 18.2 Å². The molecule has 0 spiro atoms. The van der Waals surface area contributed by atoms with E-state index in [0.717, 1.165) is 36.0 Å². The molecule has 3 rings (SSSR count). The molecular weight excluding hydrogens is 254 g/mol. The summed E-state index contributed by atoms with van der Waals surface area (Å²) in [6.07, 6.45) is 4.84. The SMILES string of the molecule is NC(COCCC1CC1)c1ccc2c(c1)OCCCO2. The molecule has 20 heavy (non-hydrogen) atoms. The van der Waals surface area contributed by atoms with E-state index in [0.29, 0.717) is 19.8 Å². The fraction of sp³-hybridized carbons (Fsp3) is 0.625. The van der Waals surface area contributed by atoms with Gasteiger partial charge in [-0.2, -0.15) is 0 Å². The average molecular weight is 277 g/mol.